The van der Waals surface area contributed by atoms with Crippen LogP contribution in [-0.4, -0.2) is 11.8 Å². The molecule has 0 atom stereocenters. The van der Waals surface area contributed by atoms with Crippen molar-refractivity contribution in [2.24, 2.45) is 5.41 Å². The van der Waals surface area contributed by atoms with E-state index in [1.54, 1.807) is 12.1 Å². The van der Waals surface area contributed by atoms with Crippen molar-refractivity contribution in [2.75, 3.05) is 10.6 Å². The highest BCUT2D eigenvalue weighted by Crippen LogP contribution is 2.25. The first-order valence-corrected chi connectivity index (χ1v) is 8.14. The smallest absolute Gasteiger partial charge is 0.239 e. The lowest BCUT2D eigenvalue weighted by molar-refractivity contribution is -0.135. The van der Waals surface area contributed by atoms with Crippen LogP contribution in [0.3, 0.4) is 0 Å². The molecule has 24 heavy (non-hydrogen) atoms. The van der Waals surface area contributed by atoms with E-state index < -0.39 is 23.0 Å². The number of hydrogen-bond acceptors (Lipinski definition) is 2. The Bertz CT molecular complexity index is 790. The number of nitrogens with one attached hydrogen (secondary N) is 2. The predicted octanol–water partition coefficient (Wildman–Crippen LogP) is 4.50. The molecule has 0 saturated carbocycles. The molecule has 0 fully saturated rings. The molecule has 0 unspecified atom stereocenters. The minimum Gasteiger partial charge on any atom is -0.325 e. The molecule has 0 radical (unpaired) electrons. The van der Waals surface area contributed by atoms with E-state index in [2.05, 4.69) is 26.6 Å². The third kappa shape index (κ3) is 4.20. The lowest BCUT2D eigenvalue weighted by atomic mass is 9.90. The summed E-state index contributed by atoms with van der Waals surface area (Å²) in [6, 6.07) is 11.0. The fourth-order valence-corrected chi connectivity index (χ4v) is 2.48. The lowest BCUT2D eigenvalue weighted by Gasteiger charge is -2.23. The number of aryl methyl sites for hydroxylation is 1. The Labute approximate surface area is 148 Å². The molecule has 4 nitrogen and oxygen atoms in total. The van der Waals surface area contributed by atoms with Gasteiger partial charge < -0.3 is 10.6 Å². The molecule has 2 N–H and O–H groups in total. The lowest BCUT2D eigenvalue weighted by Crippen LogP contribution is -2.41. The van der Waals surface area contributed by atoms with E-state index in [0.29, 0.717) is 11.4 Å². The van der Waals surface area contributed by atoms with Crippen molar-refractivity contribution in [3.05, 3.63) is 58.3 Å². The van der Waals surface area contributed by atoms with E-state index in [-0.39, 0.29) is 0 Å². The zero-order chi connectivity index (χ0) is 17.9. The second-order valence-electron chi connectivity index (χ2n) is 6.00. The van der Waals surface area contributed by atoms with Gasteiger partial charge in [-0.15, -0.1) is 0 Å². The summed E-state index contributed by atoms with van der Waals surface area (Å²) in [7, 11) is 0. The Kier molecular flexibility index (Phi) is 5.39. The minimum absolute atomic E-state index is 0.306. The summed E-state index contributed by atoms with van der Waals surface area (Å²) in [6.45, 7) is 4.90. The maximum atomic E-state index is 13.2. The van der Waals surface area contributed by atoms with E-state index >= 15 is 0 Å². The van der Waals surface area contributed by atoms with Gasteiger partial charge in [0.2, 0.25) is 11.8 Å². The average Bonchev–Trinajstić information content (AvgIpc) is 2.49. The molecule has 2 amide bonds. The van der Waals surface area contributed by atoms with E-state index in [1.807, 2.05) is 19.1 Å². The fraction of sp³-hybridized carbons (Fsp3) is 0.222. The van der Waals surface area contributed by atoms with Crippen LogP contribution in [-0.2, 0) is 9.59 Å². The van der Waals surface area contributed by atoms with Gasteiger partial charge in [-0.05, 0) is 62.7 Å². The van der Waals surface area contributed by atoms with Crippen LogP contribution in [0.5, 0.6) is 0 Å². The maximum Gasteiger partial charge on any atom is 0.239 e. The van der Waals surface area contributed by atoms with Crippen LogP contribution in [0.15, 0.2) is 46.9 Å². The highest BCUT2D eigenvalue weighted by molar-refractivity contribution is 9.10. The quantitative estimate of drug-likeness (QED) is 0.752. The van der Waals surface area contributed by atoms with Gasteiger partial charge in [0.25, 0.3) is 0 Å². The number of benzene rings is 2. The van der Waals surface area contributed by atoms with Crippen molar-refractivity contribution in [1.82, 2.24) is 0 Å². The van der Waals surface area contributed by atoms with Gasteiger partial charge in [-0.2, -0.15) is 0 Å². The van der Waals surface area contributed by atoms with E-state index in [0.717, 1.165) is 10.0 Å². The van der Waals surface area contributed by atoms with E-state index in [9.17, 15) is 14.0 Å². The summed E-state index contributed by atoms with van der Waals surface area (Å²) in [5, 5.41) is 5.33. The first-order chi connectivity index (χ1) is 11.2. The molecule has 0 heterocycles. The summed E-state index contributed by atoms with van der Waals surface area (Å²) >= 11 is 3.36. The molecule has 0 bridgehead atoms. The van der Waals surface area contributed by atoms with Gasteiger partial charge in [0.05, 0.1) is 0 Å². The van der Waals surface area contributed by atoms with Crippen LogP contribution in [0.1, 0.15) is 19.4 Å². The monoisotopic (exact) mass is 392 g/mol. The predicted molar refractivity (Wildman–Crippen MR) is 96.3 cm³/mol. The van der Waals surface area contributed by atoms with Crippen molar-refractivity contribution in [3.8, 4) is 0 Å². The molecule has 6 heteroatoms. The number of amides is 2. The Morgan fingerprint density at radius 3 is 2.33 bits per heavy atom. The van der Waals surface area contributed by atoms with Crippen LogP contribution < -0.4 is 10.6 Å². The Balaban J connectivity index is 2.12. The van der Waals surface area contributed by atoms with Crippen LogP contribution >= 0.6 is 15.9 Å². The van der Waals surface area contributed by atoms with E-state index in [1.165, 1.54) is 32.0 Å². The molecule has 126 valence electrons. The number of anilines is 2. The highest BCUT2D eigenvalue weighted by atomic mass is 79.9. The number of rotatable bonds is 4. The summed E-state index contributed by atoms with van der Waals surface area (Å²) in [6.07, 6.45) is 0. The number of carbonyl (C=O) groups excluding carboxylic acids is 2. The fourth-order valence-electron chi connectivity index (χ4n) is 2.00. The molecule has 0 aromatic heterocycles. The van der Waals surface area contributed by atoms with Crippen LogP contribution in [0.25, 0.3) is 0 Å². The highest BCUT2D eigenvalue weighted by Gasteiger charge is 2.36. The molecule has 0 aliphatic carbocycles. The van der Waals surface area contributed by atoms with Gasteiger partial charge in [-0.3, -0.25) is 9.59 Å². The Morgan fingerprint density at radius 2 is 1.71 bits per heavy atom. The summed E-state index contributed by atoms with van der Waals surface area (Å²) in [5.74, 6) is -1.41. The molecule has 2 aromatic rings. The van der Waals surface area contributed by atoms with E-state index in [4.69, 9.17) is 0 Å². The zero-order valence-corrected chi connectivity index (χ0v) is 15.2. The summed E-state index contributed by atoms with van der Waals surface area (Å²) in [5.41, 5.74) is 0.487. The average molecular weight is 393 g/mol. The molecule has 0 aliphatic heterocycles. The molecule has 2 rings (SSSR count). The summed E-state index contributed by atoms with van der Waals surface area (Å²) in [4.78, 5) is 24.9. The van der Waals surface area contributed by atoms with Crippen molar-refractivity contribution in [3.63, 3.8) is 0 Å². The number of halogens is 2. The van der Waals surface area contributed by atoms with Gasteiger partial charge in [0.1, 0.15) is 11.2 Å². The molecular weight excluding hydrogens is 375 g/mol. The maximum absolute atomic E-state index is 13.2. The molecule has 0 saturated heterocycles. The van der Waals surface area contributed by atoms with Crippen molar-refractivity contribution >= 4 is 39.1 Å². The first-order valence-electron chi connectivity index (χ1n) is 7.35. The van der Waals surface area contributed by atoms with Gasteiger partial charge in [-0.1, -0.05) is 22.0 Å². The summed E-state index contributed by atoms with van der Waals surface area (Å²) < 4.78 is 14.1. The molecule has 0 spiro atoms. The largest absolute Gasteiger partial charge is 0.325 e. The van der Waals surface area contributed by atoms with Crippen LogP contribution in [0.2, 0.25) is 0 Å². The zero-order valence-electron chi connectivity index (χ0n) is 13.6. The van der Waals surface area contributed by atoms with Crippen LogP contribution in [0, 0.1) is 18.2 Å². The van der Waals surface area contributed by atoms with Gasteiger partial charge in [0, 0.05) is 15.8 Å². The normalized spacial score (nSPS) is 11.0. The standard InChI is InChI=1S/C18H18BrFN2O2/c1-11-9-12(19)7-8-15(11)22-17(24)18(2,3)16(23)21-14-6-4-5-13(20)10-14/h4-10H,1-3H3,(H,21,23)(H,22,24). The third-order valence-corrected chi connectivity index (χ3v) is 4.15. The minimum atomic E-state index is -1.33. The topological polar surface area (TPSA) is 58.2 Å². The molecule has 2 aromatic carbocycles. The van der Waals surface area contributed by atoms with Gasteiger partial charge >= 0.3 is 0 Å². The number of hydrogen-bond donors (Lipinski definition) is 2. The second-order valence-corrected chi connectivity index (χ2v) is 6.92. The SMILES string of the molecule is Cc1cc(Br)ccc1NC(=O)C(C)(C)C(=O)Nc1cccc(F)c1. The molecular formula is C18H18BrFN2O2. The Morgan fingerprint density at radius 1 is 1.04 bits per heavy atom. The van der Waals surface area contributed by atoms with Crippen LogP contribution in [0.4, 0.5) is 15.8 Å². The third-order valence-electron chi connectivity index (χ3n) is 3.65. The number of carbonyl (C=O) groups is 2. The van der Waals surface area contributed by atoms with Crippen molar-refractivity contribution in [1.29, 1.82) is 0 Å². The first kappa shape index (κ1) is 18.1. The van der Waals surface area contributed by atoms with Crippen molar-refractivity contribution in [2.45, 2.75) is 20.8 Å². The van der Waals surface area contributed by atoms with Gasteiger partial charge in [0.15, 0.2) is 0 Å². The van der Waals surface area contributed by atoms with Crippen molar-refractivity contribution < 1.29 is 14.0 Å². The Hall–Kier alpha value is -2.21. The molecule has 0 aliphatic rings. The second kappa shape index (κ2) is 7.13. The van der Waals surface area contributed by atoms with Gasteiger partial charge in [-0.25, -0.2) is 4.39 Å².